The van der Waals surface area contributed by atoms with Crippen molar-refractivity contribution in [3.8, 4) is 11.1 Å². The summed E-state index contributed by atoms with van der Waals surface area (Å²) in [5.41, 5.74) is 6.08. The van der Waals surface area contributed by atoms with Crippen LogP contribution >= 0.6 is 0 Å². The first-order valence-corrected chi connectivity index (χ1v) is 7.92. The first-order valence-electron chi connectivity index (χ1n) is 7.92. The number of anilines is 2. The second-order valence-corrected chi connectivity index (χ2v) is 5.90. The normalized spacial score (nSPS) is 10.2. The van der Waals surface area contributed by atoms with Crippen LogP contribution < -0.4 is 10.6 Å². The number of carbonyl (C=O) groups excluding carboxylic acids is 1. The molecule has 0 aromatic heterocycles. The number of amides is 2. The molecule has 0 aliphatic carbocycles. The predicted octanol–water partition coefficient (Wildman–Crippen LogP) is 5.61. The van der Waals surface area contributed by atoms with Crippen molar-refractivity contribution >= 4 is 17.4 Å². The van der Waals surface area contributed by atoms with E-state index in [0.29, 0.717) is 0 Å². The minimum atomic E-state index is -0.243. The minimum Gasteiger partial charge on any atom is -0.308 e. The molecule has 2 N–H and O–H groups in total. The highest BCUT2D eigenvalue weighted by Gasteiger charge is 2.04. The zero-order chi connectivity index (χ0) is 16.9. The van der Waals surface area contributed by atoms with Crippen LogP contribution in [0.15, 0.2) is 72.8 Å². The van der Waals surface area contributed by atoms with E-state index < -0.39 is 0 Å². The Morgan fingerprint density at radius 1 is 0.667 bits per heavy atom. The maximum atomic E-state index is 12.1. The summed E-state index contributed by atoms with van der Waals surface area (Å²) in [6.45, 7) is 4.02. The van der Waals surface area contributed by atoms with Gasteiger partial charge in [-0.2, -0.15) is 0 Å². The van der Waals surface area contributed by atoms with Crippen LogP contribution in [-0.4, -0.2) is 6.03 Å². The summed E-state index contributed by atoms with van der Waals surface area (Å²) in [5, 5.41) is 5.73. The molecule has 0 heterocycles. The van der Waals surface area contributed by atoms with Gasteiger partial charge in [-0.05, 0) is 60.4 Å². The van der Waals surface area contributed by atoms with Gasteiger partial charge in [0.25, 0.3) is 0 Å². The molecule has 0 atom stereocenters. The van der Waals surface area contributed by atoms with Crippen molar-refractivity contribution in [3.05, 3.63) is 83.9 Å². The van der Waals surface area contributed by atoms with E-state index >= 15 is 0 Å². The van der Waals surface area contributed by atoms with Crippen LogP contribution in [0.4, 0.5) is 16.2 Å². The van der Waals surface area contributed by atoms with Gasteiger partial charge in [-0.1, -0.05) is 48.5 Å². The molecule has 3 rings (SSSR count). The molecule has 0 fully saturated rings. The SMILES string of the molecule is Cc1cc(C)cc(NC(=O)Nc2ccc(-c3ccccc3)cc2)c1. The molecule has 0 aliphatic heterocycles. The fourth-order valence-electron chi connectivity index (χ4n) is 2.72. The minimum absolute atomic E-state index is 0.243. The first-order chi connectivity index (χ1) is 11.6. The monoisotopic (exact) mass is 316 g/mol. The fraction of sp³-hybridized carbons (Fsp3) is 0.0952. The maximum Gasteiger partial charge on any atom is 0.323 e. The Morgan fingerprint density at radius 2 is 1.21 bits per heavy atom. The Labute approximate surface area is 142 Å². The fourth-order valence-corrected chi connectivity index (χ4v) is 2.72. The van der Waals surface area contributed by atoms with Gasteiger partial charge in [-0.25, -0.2) is 4.79 Å². The molecule has 0 saturated heterocycles. The number of aryl methyl sites for hydroxylation is 2. The predicted molar refractivity (Wildman–Crippen MR) is 100 cm³/mol. The van der Waals surface area contributed by atoms with Gasteiger partial charge in [0, 0.05) is 11.4 Å². The Morgan fingerprint density at radius 3 is 1.83 bits per heavy atom. The molecule has 24 heavy (non-hydrogen) atoms. The zero-order valence-corrected chi connectivity index (χ0v) is 13.8. The van der Waals surface area contributed by atoms with Crippen LogP contribution in [0.25, 0.3) is 11.1 Å². The van der Waals surface area contributed by atoms with Gasteiger partial charge >= 0.3 is 6.03 Å². The van der Waals surface area contributed by atoms with Crippen LogP contribution in [0.5, 0.6) is 0 Å². The van der Waals surface area contributed by atoms with E-state index in [2.05, 4.69) is 28.8 Å². The number of rotatable bonds is 3. The summed E-state index contributed by atoms with van der Waals surface area (Å²) < 4.78 is 0. The summed E-state index contributed by atoms with van der Waals surface area (Å²) in [6.07, 6.45) is 0. The highest BCUT2D eigenvalue weighted by molar-refractivity contribution is 6.00. The van der Waals surface area contributed by atoms with Crippen molar-refractivity contribution in [1.82, 2.24) is 0 Å². The molecular formula is C21H20N2O. The summed E-state index contributed by atoms with van der Waals surface area (Å²) in [6, 6.07) is 23.7. The van der Waals surface area contributed by atoms with Crippen LogP contribution in [0, 0.1) is 13.8 Å². The third-order valence-corrected chi connectivity index (χ3v) is 3.73. The van der Waals surface area contributed by atoms with Gasteiger partial charge in [0.1, 0.15) is 0 Å². The van der Waals surface area contributed by atoms with Gasteiger partial charge < -0.3 is 10.6 Å². The third kappa shape index (κ3) is 4.02. The molecule has 120 valence electrons. The Kier molecular flexibility index (Phi) is 4.62. The number of benzene rings is 3. The molecule has 2 amide bonds. The lowest BCUT2D eigenvalue weighted by molar-refractivity contribution is 0.262. The number of hydrogen-bond donors (Lipinski definition) is 2. The second-order valence-electron chi connectivity index (χ2n) is 5.90. The Balaban J connectivity index is 1.66. The number of nitrogens with one attached hydrogen (secondary N) is 2. The summed E-state index contributed by atoms with van der Waals surface area (Å²) in [5.74, 6) is 0. The maximum absolute atomic E-state index is 12.1. The van der Waals surface area contributed by atoms with Gasteiger partial charge in [-0.3, -0.25) is 0 Å². The summed E-state index contributed by atoms with van der Waals surface area (Å²) >= 11 is 0. The van der Waals surface area contributed by atoms with Gasteiger partial charge in [-0.15, -0.1) is 0 Å². The number of urea groups is 1. The average Bonchev–Trinajstić information content (AvgIpc) is 2.55. The highest BCUT2D eigenvalue weighted by Crippen LogP contribution is 2.21. The molecule has 3 aromatic rings. The van der Waals surface area contributed by atoms with Crippen molar-refractivity contribution in [3.63, 3.8) is 0 Å². The highest BCUT2D eigenvalue weighted by atomic mass is 16.2. The van der Waals surface area contributed by atoms with Gasteiger partial charge in [0.2, 0.25) is 0 Å². The van der Waals surface area contributed by atoms with Crippen molar-refractivity contribution in [2.75, 3.05) is 10.6 Å². The lowest BCUT2D eigenvalue weighted by atomic mass is 10.1. The van der Waals surface area contributed by atoms with E-state index in [1.165, 1.54) is 0 Å². The van der Waals surface area contributed by atoms with E-state index in [0.717, 1.165) is 33.6 Å². The molecule has 3 aromatic carbocycles. The molecule has 0 spiro atoms. The van der Waals surface area contributed by atoms with E-state index in [1.807, 2.05) is 68.4 Å². The molecule has 3 nitrogen and oxygen atoms in total. The standard InChI is InChI=1S/C21H20N2O/c1-15-12-16(2)14-20(13-15)23-21(24)22-19-10-8-18(9-11-19)17-6-4-3-5-7-17/h3-14H,1-2H3,(H2,22,23,24). The molecule has 3 heteroatoms. The van der Waals surface area contributed by atoms with Gasteiger partial charge in [0.15, 0.2) is 0 Å². The van der Waals surface area contributed by atoms with E-state index in [-0.39, 0.29) is 6.03 Å². The van der Waals surface area contributed by atoms with Crippen LogP contribution in [0.2, 0.25) is 0 Å². The first kappa shape index (κ1) is 15.8. The quantitative estimate of drug-likeness (QED) is 0.647. The second kappa shape index (κ2) is 7.01. The number of hydrogen-bond acceptors (Lipinski definition) is 1. The topological polar surface area (TPSA) is 41.1 Å². The van der Waals surface area contributed by atoms with Crippen LogP contribution in [0.1, 0.15) is 11.1 Å². The number of carbonyl (C=O) groups is 1. The lowest BCUT2D eigenvalue weighted by Crippen LogP contribution is -2.19. The van der Waals surface area contributed by atoms with Crippen LogP contribution in [-0.2, 0) is 0 Å². The third-order valence-electron chi connectivity index (χ3n) is 3.73. The average molecular weight is 316 g/mol. The van der Waals surface area contributed by atoms with E-state index in [1.54, 1.807) is 0 Å². The van der Waals surface area contributed by atoms with Crippen molar-refractivity contribution < 1.29 is 4.79 Å². The Hall–Kier alpha value is -3.07. The summed E-state index contributed by atoms with van der Waals surface area (Å²) in [4.78, 5) is 12.1. The largest absolute Gasteiger partial charge is 0.323 e. The van der Waals surface area contributed by atoms with Gasteiger partial charge in [0.05, 0.1) is 0 Å². The van der Waals surface area contributed by atoms with Crippen molar-refractivity contribution in [2.45, 2.75) is 13.8 Å². The molecule has 0 unspecified atom stereocenters. The molecule has 0 radical (unpaired) electrons. The Bertz CT molecular complexity index is 819. The molecular weight excluding hydrogens is 296 g/mol. The van der Waals surface area contributed by atoms with E-state index in [9.17, 15) is 4.79 Å². The lowest BCUT2D eigenvalue weighted by Gasteiger charge is -2.10. The molecule has 0 saturated carbocycles. The van der Waals surface area contributed by atoms with Crippen molar-refractivity contribution in [2.24, 2.45) is 0 Å². The molecule has 0 aliphatic rings. The van der Waals surface area contributed by atoms with Crippen LogP contribution in [0.3, 0.4) is 0 Å². The van der Waals surface area contributed by atoms with E-state index in [4.69, 9.17) is 0 Å². The smallest absolute Gasteiger partial charge is 0.308 e. The zero-order valence-electron chi connectivity index (χ0n) is 13.8. The van der Waals surface area contributed by atoms with Crippen molar-refractivity contribution in [1.29, 1.82) is 0 Å². The molecule has 0 bridgehead atoms. The summed E-state index contributed by atoms with van der Waals surface area (Å²) in [7, 11) is 0.